The first-order valence-corrected chi connectivity index (χ1v) is 8.86. The van der Waals surface area contributed by atoms with Crippen LogP contribution < -0.4 is 0 Å². The Hall–Kier alpha value is 2.32. The van der Waals surface area contributed by atoms with Gasteiger partial charge in [0.05, 0.1) is 10.8 Å². The van der Waals surface area contributed by atoms with E-state index in [2.05, 4.69) is 0 Å². The van der Waals surface area contributed by atoms with E-state index in [1.54, 1.807) is 0 Å². The van der Waals surface area contributed by atoms with Crippen LogP contribution in [0.2, 0.25) is 0 Å². The summed E-state index contributed by atoms with van der Waals surface area (Å²) in [5, 5.41) is -0.876. The molecule has 0 N–H and O–H groups in total. The van der Waals surface area contributed by atoms with E-state index in [1.807, 2.05) is 0 Å². The first-order chi connectivity index (χ1) is 8.23. The minimum absolute atomic E-state index is 0.108. The molecule has 0 aromatic heterocycles. The van der Waals surface area contributed by atoms with Gasteiger partial charge in [0.2, 0.25) is 0 Å². The zero-order valence-electron chi connectivity index (χ0n) is 8.95. The Kier molecular flexibility index (Phi) is 4.82. The van der Waals surface area contributed by atoms with Crippen LogP contribution in [0.15, 0.2) is 0 Å². The molecule has 0 spiro atoms. The molecule has 5 atom stereocenters. The molecule has 2 bridgehead atoms. The third kappa shape index (κ3) is 1.67. The van der Waals surface area contributed by atoms with Gasteiger partial charge in [-0.15, -0.1) is 92.8 Å². The highest BCUT2D eigenvalue weighted by Gasteiger charge is 2.81. The normalized spacial score (nSPS) is 50.2. The minimum atomic E-state index is -1.13. The number of alkyl halides is 8. The fourth-order valence-corrected chi connectivity index (χ4v) is 8.38. The minimum Gasteiger partial charge on any atom is -0.126 e. The topological polar surface area (TPSA) is 0 Å². The smallest absolute Gasteiger partial charge is 0.126 e. The summed E-state index contributed by atoms with van der Waals surface area (Å²) in [7, 11) is 0. The van der Waals surface area contributed by atoms with Crippen LogP contribution in [0.5, 0.6) is 0 Å². The molecular weight excluding hydrogens is 404 g/mol. The highest BCUT2D eigenvalue weighted by Crippen LogP contribution is 2.77. The van der Waals surface area contributed by atoms with Crippen molar-refractivity contribution in [3.63, 3.8) is 0 Å². The fraction of sp³-hybridized carbons (Fsp3) is 1.00. The lowest BCUT2D eigenvalue weighted by Crippen LogP contribution is -2.55. The highest BCUT2D eigenvalue weighted by atomic mass is 35.5. The molecule has 0 aromatic rings. The largest absolute Gasteiger partial charge is 0.127 e. The number of rotatable bonds is 3. The van der Waals surface area contributed by atoms with Crippen LogP contribution in [0.3, 0.4) is 0 Å². The van der Waals surface area contributed by atoms with Gasteiger partial charge in [0.1, 0.15) is 9.17 Å². The van der Waals surface area contributed by atoms with Gasteiger partial charge in [-0.05, 0) is 12.3 Å². The maximum atomic E-state index is 6.45. The number of fused-ring (bicyclic) bond motifs is 2. The average molecular weight is 414 g/mol. The van der Waals surface area contributed by atoms with Crippen LogP contribution in [-0.4, -0.2) is 31.7 Å². The number of hydrogen-bond acceptors (Lipinski definition) is 0. The lowest BCUT2D eigenvalue weighted by atomic mass is 9.69. The van der Waals surface area contributed by atoms with Crippen LogP contribution in [0.4, 0.5) is 0 Å². The highest BCUT2D eigenvalue weighted by molar-refractivity contribution is 6.52. The molecule has 0 aromatic carbocycles. The van der Waals surface area contributed by atoms with Gasteiger partial charge in [0.15, 0.2) is 0 Å². The SMILES string of the molecule is ClCC12[C@@H](Cl)[C@H](Cl)[C@H](CC1(Cl)Cl)[C@@]2(CCl)C(Cl)Cl. The van der Waals surface area contributed by atoms with E-state index in [1.165, 1.54) is 0 Å². The van der Waals surface area contributed by atoms with Crippen LogP contribution in [0.25, 0.3) is 0 Å². The molecule has 2 fully saturated rings. The lowest BCUT2D eigenvalue weighted by molar-refractivity contribution is 0.149. The van der Waals surface area contributed by atoms with Crippen molar-refractivity contribution < 1.29 is 0 Å². The second kappa shape index (κ2) is 5.20. The quantitative estimate of drug-likeness (QED) is 0.523. The van der Waals surface area contributed by atoms with Crippen molar-refractivity contribution in [1.29, 1.82) is 0 Å². The summed E-state index contributed by atoms with van der Waals surface area (Å²) < 4.78 is -1.13. The number of halogens is 8. The molecule has 2 saturated carbocycles. The first-order valence-electron chi connectivity index (χ1n) is 5.29. The summed E-state index contributed by atoms with van der Waals surface area (Å²) in [6.07, 6.45) is 0.433. The van der Waals surface area contributed by atoms with Crippen LogP contribution >= 0.6 is 92.8 Å². The lowest BCUT2D eigenvalue weighted by Gasteiger charge is -2.48. The molecule has 18 heavy (non-hydrogen) atoms. The van der Waals surface area contributed by atoms with Crippen molar-refractivity contribution in [3.8, 4) is 0 Å². The Labute approximate surface area is 146 Å². The van der Waals surface area contributed by atoms with E-state index < -0.39 is 25.4 Å². The Morgan fingerprint density at radius 1 is 1.06 bits per heavy atom. The molecule has 2 aliphatic rings. The summed E-state index contributed by atoms with van der Waals surface area (Å²) in [6.45, 7) is 0. The third-order valence-electron chi connectivity index (χ3n) is 4.58. The molecule has 8 heteroatoms. The van der Waals surface area contributed by atoms with Gasteiger partial charge in [-0.1, -0.05) is 0 Å². The van der Waals surface area contributed by atoms with Crippen molar-refractivity contribution in [2.75, 3.05) is 11.8 Å². The molecule has 0 amide bonds. The summed E-state index contributed by atoms with van der Waals surface area (Å²) >= 11 is 50.4. The summed E-state index contributed by atoms with van der Waals surface area (Å²) in [6, 6.07) is 0. The molecule has 106 valence electrons. The van der Waals surface area contributed by atoms with E-state index in [-0.39, 0.29) is 23.1 Å². The van der Waals surface area contributed by atoms with Gasteiger partial charge in [0.25, 0.3) is 0 Å². The van der Waals surface area contributed by atoms with E-state index in [0.29, 0.717) is 6.42 Å². The van der Waals surface area contributed by atoms with Crippen molar-refractivity contribution in [1.82, 2.24) is 0 Å². The van der Waals surface area contributed by atoms with E-state index in [0.717, 1.165) is 0 Å². The van der Waals surface area contributed by atoms with E-state index in [9.17, 15) is 0 Å². The van der Waals surface area contributed by atoms with Gasteiger partial charge in [-0.2, -0.15) is 0 Å². The van der Waals surface area contributed by atoms with Crippen molar-refractivity contribution in [3.05, 3.63) is 0 Å². The van der Waals surface area contributed by atoms with Gasteiger partial charge in [-0.3, -0.25) is 0 Å². The van der Waals surface area contributed by atoms with E-state index in [4.69, 9.17) is 92.8 Å². The van der Waals surface area contributed by atoms with Crippen molar-refractivity contribution in [2.45, 2.75) is 26.3 Å². The Morgan fingerprint density at radius 3 is 1.94 bits per heavy atom. The van der Waals surface area contributed by atoms with Crippen LogP contribution in [0.1, 0.15) is 6.42 Å². The predicted octanol–water partition coefficient (Wildman–Crippen LogP) is 5.66. The summed E-state index contributed by atoms with van der Waals surface area (Å²) in [4.78, 5) is -0.789. The summed E-state index contributed by atoms with van der Waals surface area (Å²) in [5.41, 5.74) is -1.68. The Balaban J connectivity index is 2.68. The second-order valence-electron chi connectivity index (χ2n) is 4.94. The van der Waals surface area contributed by atoms with Crippen molar-refractivity contribution >= 4 is 92.8 Å². The molecule has 0 saturated heterocycles. The van der Waals surface area contributed by atoms with E-state index >= 15 is 0 Å². The maximum Gasteiger partial charge on any atom is 0.127 e. The zero-order valence-corrected chi connectivity index (χ0v) is 15.0. The average Bonchev–Trinajstić information content (AvgIpc) is 2.61. The third-order valence-corrected chi connectivity index (χ3v) is 8.53. The Bertz CT molecular complexity index is 345. The molecule has 0 heterocycles. The molecule has 0 radical (unpaired) electrons. The van der Waals surface area contributed by atoms with Crippen LogP contribution in [-0.2, 0) is 0 Å². The van der Waals surface area contributed by atoms with Gasteiger partial charge < -0.3 is 0 Å². The standard InChI is InChI=1S/C10H10Cl8/c11-2-8(7(15)16)4-1-10(17,18)9(8,3-12)6(14)5(4)13/h4-7H,1-3H2/t4-,5+,6-,8-,9?/m0/s1. The molecule has 2 aliphatic carbocycles. The first kappa shape index (κ1) is 16.7. The molecule has 0 nitrogen and oxygen atoms in total. The van der Waals surface area contributed by atoms with Crippen molar-refractivity contribution in [2.24, 2.45) is 16.7 Å². The molecule has 1 unspecified atom stereocenters. The number of hydrogen-bond donors (Lipinski definition) is 0. The summed E-state index contributed by atoms with van der Waals surface area (Å²) in [5.74, 6) is 0.111. The molecular formula is C10H10Cl8. The maximum absolute atomic E-state index is 6.45. The van der Waals surface area contributed by atoms with Gasteiger partial charge in [0, 0.05) is 22.6 Å². The zero-order chi connectivity index (χ0) is 13.9. The van der Waals surface area contributed by atoms with Gasteiger partial charge in [-0.25, -0.2) is 0 Å². The molecule has 2 rings (SSSR count). The van der Waals surface area contributed by atoms with Gasteiger partial charge >= 0.3 is 0 Å². The van der Waals surface area contributed by atoms with Crippen LogP contribution in [0, 0.1) is 16.7 Å². The predicted molar refractivity (Wildman–Crippen MR) is 83.6 cm³/mol. The fourth-order valence-electron chi connectivity index (χ4n) is 3.57. The second-order valence-corrected chi connectivity index (χ2v) is 9.03. The monoisotopic (exact) mass is 410 g/mol. The molecule has 0 aliphatic heterocycles. The Morgan fingerprint density at radius 2 is 1.61 bits per heavy atom.